The van der Waals surface area contributed by atoms with Gasteiger partial charge in [0, 0.05) is 0 Å². The van der Waals surface area contributed by atoms with Gasteiger partial charge >= 0.3 is 0 Å². The standard InChI is InChI=1S/C25H46/c1-9-10-20-15-17(2)11-14-24(20,7)22-16-21-12-13-23(5,6)19(4)25(21,8)18(22)3/h17-22H,9-16H2,1-8H3/t17-,18?,19-,20?,21?,22?,24-,25+/m0/s1. The molecule has 4 unspecified atom stereocenters. The van der Waals surface area contributed by atoms with E-state index in [0.29, 0.717) is 16.2 Å². The van der Waals surface area contributed by atoms with Crippen molar-refractivity contribution in [3.05, 3.63) is 0 Å². The number of fused-ring (bicyclic) bond motifs is 1. The largest absolute Gasteiger partial charge is 0.0654 e. The third-order valence-electron chi connectivity index (χ3n) is 10.5. The summed E-state index contributed by atoms with van der Waals surface area (Å²) in [5, 5.41) is 0. The summed E-state index contributed by atoms with van der Waals surface area (Å²) in [4.78, 5) is 0. The predicted molar refractivity (Wildman–Crippen MR) is 111 cm³/mol. The van der Waals surface area contributed by atoms with Crippen LogP contribution in [0.1, 0.15) is 107 Å². The van der Waals surface area contributed by atoms with Gasteiger partial charge < -0.3 is 0 Å². The first kappa shape index (κ1) is 19.8. The zero-order valence-corrected chi connectivity index (χ0v) is 18.6. The van der Waals surface area contributed by atoms with Crippen molar-refractivity contribution in [2.45, 2.75) is 107 Å². The maximum absolute atomic E-state index is 2.72. The lowest BCUT2D eigenvalue weighted by Gasteiger charge is -2.55. The molecule has 3 aliphatic rings. The van der Waals surface area contributed by atoms with Crippen LogP contribution in [0.15, 0.2) is 0 Å². The van der Waals surface area contributed by atoms with Gasteiger partial charge in [0.2, 0.25) is 0 Å². The van der Waals surface area contributed by atoms with Gasteiger partial charge in [-0.15, -0.1) is 0 Å². The molecule has 0 heterocycles. The molecular weight excluding hydrogens is 300 g/mol. The molecule has 3 rings (SSSR count). The van der Waals surface area contributed by atoms with Crippen molar-refractivity contribution in [3.8, 4) is 0 Å². The highest BCUT2D eigenvalue weighted by Gasteiger charge is 2.61. The molecule has 3 saturated carbocycles. The average Bonchev–Trinajstić information content (AvgIpc) is 2.82. The van der Waals surface area contributed by atoms with Gasteiger partial charge in [0.15, 0.2) is 0 Å². The van der Waals surface area contributed by atoms with Gasteiger partial charge in [-0.1, -0.05) is 74.7 Å². The Morgan fingerprint density at radius 2 is 1.56 bits per heavy atom. The van der Waals surface area contributed by atoms with Crippen LogP contribution in [-0.4, -0.2) is 0 Å². The summed E-state index contributed by atoms with van der Waals surface area (Å²) in [6, 6.07) is 0. The van der Waals surface area contributed by atoms with E-state index in [1.165, 1.54) is 51.4 Å². The third-order valence-corrected chi connectivity index (χ3v) is 10.5. The molecule has 0 N–H and O–H groups in total. The van der Waals surface area contributed by atoms with E-state index in [2.05, 4.69) is 55.4 Å². The topological polar surface area (TPSA) is 0 Å². The maximum Gasteiger partial charge on any atom is -0.0238 e. The molecule has 146 valence electrons. The molecule has 0 aromatic rings. The van der Waals surface area contributed by atoms with Crippen LogP contribution in [0, 0.1) is 51.8 Å². The van der Waals surface area contributed by atoms with Crippen LogP contribution in [0.4, 0.5) is 0 Å². The van der Waals surface area contributed by atoms with E-state index in [-0.39, 0.29) is 0 Å². The number of hydrogen-bond donors (Lipinski definition) is 0. The summed E-state index contributed by atoms with van der Waals surface area (Å²) in [7, 11) is 0. The second-order valence-electron chi connectivity index (χ2n) is 11.8. The summed E-state index contributed by atoms with van der Waals surface area (Å²) in [6.45, 7) is 20.7. The van der Waals surface area contributed by atoms with Crippen LogP contribution >= 0.6 is 0 Å². The molecule has 0 bridgehead atoms. The van der Waals surface area contributed by atoms with Crippen LogP contribution < -0.4 is 0 Å². The molecule has 0 aromatic heterocycles. The molecule has 0 aliphatic heterocycles. The van der Waals surface area contributed by atoms with Crippen LogP contribution in [0.3, 0.4) is 0 Å². The van der Waals surface area contributed by atoms with Gasteiger partial charge in [0.25, 0.3) is 0 Å². The lowest BCUT2D eigenvalue weighted by atomic mass is 9.50. The molecule has 0 radical (unpaired) electrons. The molecule has 0 amide bonds. The van der Waals surface area contributed by atoms with E-state index >= 15 is 0 Å². The van der Waals surface area contributed by atoms with E-state index in [1.807, 2.05) is 0 Å². The normalized spacial score (nSPS) is 52.8. The predicted octanol–water partition coefficient (Wildman–Crippen LogP) is 7.96. The first-order valence-electron chi connectivity index (χ1n) is 11.6. The molecular formula is C25H46. The Morgan fingerprint density at radius 1 is 0.880 bits per heavy atom. The SMILES string of the molecule is CCCC1C[C@@H](C)CC[C@]1(C)C1CC2CCC(C)(C)[C@H](C)[C@@]2(C)C1C. The minimum atomic E-state index is 0.527. The molecule has 0 spiro atoms. The van der Waals surface area contributed by atoms with Crippen LogP contribution in [0.5, 0.6) is 0 Å². The lowest BCUT2D eigenvalue weighted by molar-refractivity contribution is -0.0617. The summed E-state index contributed by atoms with van der Waals surface area (Å²) in [6.07, 6.45) is 11.8. The molecule has 0 aromatic carbocycles. The van der Waals surface area contributed by atoms with Gasteiger partial charge in [-0.25, -0.2) is 0 Å². The van der Waals surface area contributed by atoms with Crippen molar-refractivity contribution in [1.29, 1.82) is 0 Å². The van der Waals surface area contributed by atoms with Gasteiger partial charge in [0.1, 0.15) is 0 Å². The fourth-order valence-electron chi connectivity index (χ4n) is 8.11. The first-order chi connectivity index (χ1) is 11.6. The maximum atomic E-state index is 2.72. The summed E-state index contributed by atoms with van der Waals surface area (Å²) >= 11 is 0. The highest BCUT2D eigenvalue weighted by Crippen LogP contribution is 2.69. The quantitative estimate of drug-likeness (QED) is 0.486. The van der Waals surface area contributed by atoms with Crippen LogP contribution in [0.25, 0.3) is 0 Å². The smallest absolute Gasteiger partial charge is 0.0238 e. The minimum Gasteiger partial charge on any atom is -0.0654 e. The Kier molecular flexibility index (Phi) is 5.18. The molecule has 0 heteroatoms. The van der Waals surface area contributed by atoms with Crippen molar-refractivity contribution in [1.82, 2.24) is 0 Å². The van der Waals surface area contributed by atoms with Crippen LogP contribution in [0.2, 0.25) is 0 Å². The Bertz CT molecular complexity index is 476. The zero-order valence-electron chi connectivity index (χ0n) is 18.6. The molecule has 3 aliphatic carbocycles. The Hall–Kier alpha value is 0. The van der Waals surface area contributed by atoms with Gasteiger partial charge in [-0.3, -0.25) is 0 Å². The average molecular weight is 347 g/mol. The van der Waals surface area contributed by atoms with Crippen LogP contribution in [-0.2, 0) is 0 Å². The second kappa shape index (κ2) is 6.56. The summed E-state index contributed by atoms with van der Waals surface area (Å²) in [5.74, 6) is 5.62. The first-order valence-corrected chi connectivity index (χ1v) is 11.6. The highest BCUT2D eigenvalue weighted by molar-refractivity contribution is 5.10. The third kappa shape index (κ3) is 2.93. The van der Waals surface area contributed by atoms with Crippen molar-refractivity contribution in [2.75, 3.05) is 0 Å². The molecule has 0 saturated heterocycles. The van der Waals surface area contributed by atoms with Crippen molar-refractivity contribution in [3.63, 3.8) is 0 Å². The zero-order chi connectivity index (χ0) is 18.6. The number of rotatable bonds is 3. The highest BCUT2D eigenvalue weighted by atomic mass is 14.7. The monoisotopic (exact) mass is 346 g/mol. The fraction of sp³-hybridized carbons (Fsp3) is 1.00. The van der Waals surface area contributed by atoms with Gasteiger partial charge in [-0.2, -0.15) is 0 Å². The second-order valence-corrected chi connectivity index (χ2v) is 11.8. The van der Waals surface area contributed by atoms with Crippen molar-refractivity contribution < 1.29 is 0 Å². The van der Waals surface area contributed by atoms with Gasteiger partial charge in [-0.05, 0) is 83.9 Å². The van der Waals surface area contributed by atoms with E-state index in [1.54, 1.807) is 0 Å². The Morgan fingerprint density at radius 3 is 2.20 bits per heavy atom. The molecule has 0 nitrogen and oxygen atoms in total. The van der Waals surface area contributed by atoms with Crippen molar-refractivity contribution >= 4 is 0 Å². The Labute approximate surface area is 158 Å². The minimum absolute atomic E-state index is 0.527. The van der Waals surface area contributed by atoms with Crippen molar-refractivity contribution in [2.24, 2.45) is 51.8 Å². The van der Waals surface area contributed by atoms with Gasteiger partial charge in [0.05, 0.1) is 0 Å². The molecule has 8 atom stereocenters. The fourth-order valence-corrected chi connectivity index (χ4v) is 8.11. The summed E-state index contributed by atoms with van der Waals surface area (Å²) < 4.78 is 0. The summed E-state index contributed by atoms with van der Waals surface area (Å²) in [5.41, 5.74) is 1.70. The molecule has 25 heavy (non-hydrogen) atoms. The Balaban J connectivity index is 1.91. The number of hydrogen-bond acceptors (Lipinski definition) is 0. The van der Waals surface area contributed by atoms with E-state index in [0.717, 1.165) is 35.5 Å². The van der Waals surface area contributed by atoms with E-state index in [9.17, 15) is 0 Å². The molecule has 3 fully saturated rings. The lowest BCUT2D eigenvalue weighted by Crippen LogP contribution is -2.48. The van der Waals surface area contributed by atoms with E-state index in [4.69, 9.17) is 0 Å². The van der Waals surface area contributed by atoms with E-state index < -0.39 is 0 Å².